The molecule has 1 aliphatic carbocycles. The lowest BCUT2D eigenvalue weighted by Gasteiger charge is -2.03. The lowest BCUT2D eigenvalue weighted by atomic mass is 10.1. The molecule has 0 atom stereocenters. The van der Waals surface area contributed by atoms with Crippen LogP contribution >= 0.6 is 0 Å². The van der Waals surface area contributed by atoms with Gasteiger partial charge in [-0.25, -0.2) is 0 Å². The van der Waals surface area contributed by atoms with Crippen LogP contribution in [0.3, 0.4) is 0 Å². The van der Waals surface area contributed by atoms with E-state index in [9.17, 15) is 0 Å². The van der Waals surface area contributed by atoms with E-state index in [4.69, 9.17) is 0 Å². The molecule has 0 aromatic heterocycles. The third kappa shape index (κ3) is 6.92. The zero-order valence-electron chi connectivity index (χ0n) is 9.66. The number of allylic oxidation sites excluding steroid dienone is 2. The van der Waals surface area contributed by atoms with Crippen LogP contribution in [0, 0.1) is 13.3 Å². The molecule has 2 rings (SSSR count). The minimum absolute atomic E-state index is 0. The Morgan fingerprint density at radius 2 is 2.00 bits per heavy atom. The normalized spacial score (nSPS) is 11.9. The maximum absolute atomic E-state index is 3.38. The number of hydrogen-bond donors (Lipinski definition) is 1. The van der Waals surface area contributed by atoms with Crippen molar-refractivity contribution in [3.05, 3.63) is 54.0 Å². The van der Waals surface area contributed by atoms with Gasteiger partial charge in [0.05, 0.1) is 0 Å². The Morgan fingerprint density at radius 3 is 2.53 bits per heavy atom. The van der Waals surface area contributed by atoms with Crippen molar-refractivity contribution >= 4 is 0 Å². The molecule has 0 heterocycles. The third-order valence-electron chi connectivity index (χ3n) is 2.03. The van der Waals surface area contributed by atoms with E-state index in [1.54, 1.807) is 0 Å². The lowest BCUT2D eigenvalue weighted by molar-refractivity contribution is 0.675. The van der Waals surface area contributed by atoms with Crippen molar-refractivity contribution < 1.29 is 2.85 Å². The summed E-state index contributed by atoms with van der Waals surface area (Å²) in [6.07, 6.45) is 7.20. The van der Waals surface area contributed by atoms with Crippen molar-refractivity contribution in [2.24, 2.45) is 0 Å². The van der Waals surface area contributed by atoms with Crippen molar-refractivity contribution in [2.45, 2.75) is 26.8 Å². The van der Waals surface area contributed by atoms with E-state index in [0.29, 0.717) is 0 Å². The zero-order chi connectivity index (χ0) is 10.9. The molecule has 0 unspecified atom stereocenters. The molecule has 1 nitrogen and oxygen atoms in total. The minimum Gasteiger partial charge on any atom is -0.313 e. The number of rotatable bonds is 4. The maximum Gasteiger partial charge on any atom is 0.0205 e. The van der Waals surface area contributed by atoms with Gasteiger partial charge < -0.3 is 5.32 Å². The first-order chi connectivity index (χ1) is 7.33. The predicted molar refractivity (Wildman–Crippen MR) is 70.8 cm³/mol. The van der Waals surface area contributed by atoms with Crippen molar-refractivity contribution in [2.75, 3.05) is 6.54 Å². The fourth-order valence-corrected chi connectivity index (χ4v) is 1.23. The average Bonchev–Trinajstić information content (AvgIpc) is 3.05. The van der Waals surface area contributed by atoms with Gasteiger partial charge in [-0.3, -0.25) is 0 Å². The Kier molecular flexibility index (Phi) is 5.79. The van der Waals surface area contributed by atoms with Gasteiger partial charge in [-0.1, -0.05) is 48.9 Å². The monoisotopic (exact) mass is 206 g/mol. The average molecular weight is 206 g/mol. The molecule has 0 amide bonds. The topological polar surface area (TPSA) is 12.0 Å². The lowest BCUT2D eigenvalue weighted by Crippen LogP contribution is -2.13. The van der Waals surface area contributed by atoms with Gasteiger partial charge in [-0.2, -0.15) is 0 Å². The van der Waals surface area contributed by atoms with Crippen LogP contribution < -0.4 is 5.32 Å². The Labute approximate surface area is 96.2 Å². The van der Waals surface area contributed by atoms with Gasteiger partial charge in [0.15, 0.2) is 0 Å². The van der Waals surface area contributed by atoms with E-state index >= 15 is 0 Å². The molecule has 1 aromatic rings. The van der Waals surface area contributed by atoms with Crippen molar-refractivity contribution in [1.82, 2.24) is 5.32 Å². The van der Waals surface area contributed by atoms with E-state index in [2.05, 4.69) is 43.4 Å². The summed E-state index contributed by atoms with van der Waals surface area (Å²) in [7, 11) is 0. The SMILES string of the molecule is CCCNCc1cccc(C)c1.[CH]1C=C1.[HH].[HH]. The second kappa shape index (κ2) is 7.24. The summed E-state index contributed by atoms with van der Waals surface area (Å²) >= 11 is 0. The van der Waals surface area contributed by atoms with Crippen LogP contribution in [0.5, 0.6) is 0 Å². The van der Waals surface area contributed by atoms with Crippen LogP contribution in [0.25, 0.3) is 0 Å². The molecular weight excluding hydrogens is 182 g/mol. The van der Waals surface area contributed by atoms with Gasteiger partial charge in [0, 0.05) is 15.8 Å². The van der Waals surface area contributed by atoms with Gasteiger partial charge in [0.25, 0.3) is 0 Å². The second-order valence-electron chi connectivity index (χ2n) is 3.74. The van der Waals surface area contributed by atoms with Crippen LogP contribution in [0.4, 0.5) is 0 Å². The fraction of sp³-hybridized carbons (Fsp3) is 0.357. The largest absolute Gasteiger partial charge is 0.313 e. The smallest absolute Gasteiger partial charge is 0.0205 e. The molecule has 1 aromatic carbocycles. The summed E-state index contributed by atoms with van der Waals surface area (Å²) in [6, 6.07) is 8.62. The summed E-state index contributed by atoms with van der Waals surface area (Å²) in [5, 5.41) is 3.38. The summed E-state index contributed by atoms with van der Waals surface area (Å²) in [5.41, 5.74) is 2.72. The summed E-state index contributed by atoms with van der Waals surface area (Å²) in [6.45, 7) is 6.41. The predicted octanol–water partition coefficient (Wildman–Crippen LogP) is 3.75. The van der Waals surface area contributed by atoms with E-state index in [1.807, 2.05) is 18.6 Å². The molecule has 0 saturated carbocycles. The van der Waals surface area contributed by atoms with E-state index < -0.39 is 0 Å². The molecule has 0 aliphatic heterocycles. The first kappa shape index (κ1) is 12.0. The van der Waals surface area contributed by atoms with Crippen molar-refractivity contribution in [3.63, 3.8) is 0 Å². The molecule has 85 valence electrons. The van der Waals surface area contributed by atoms with Gasteiger partial charge in [-0.05, 0) is 25.5 Å². The quantitative estimate of drug-likeness (QED) is 0.740. The molecule has 1 N–H and O–H groups in total. The maximum atomic E-state index is 3.38. The number of aryl methyl sites for hydroxylation is 1. The van der Waals surface area contributed by atoms with Crippen LogP contribution in [0.1, 0.15) is 27.3 Å². The highest BCUT2D eigenvalue weighted by Crippen LogP contribution is 2.02. The summed E-state index contributed by atoms with van der Waals surface area (Å²) < 4.78 is 0. The Hall–Kier alpha value is -1.08. The van der Waals surface area contributed by atoms with Crippen molar-refractivity contribution in [1.29, 1.82) is 0 Å². The Morgan fingerprint density at radius 1 is 1.27 bits per heavy atom. The molecule has 1 radical (unpaired) electrons. The molecule has 1 heteroatoms. The van der Waals surface area contributed by atoms with Crippen LogP contribution in [0.2, 0.25) is 0 Å². The first-order valence-corrected chi connectivity index (χ1v) is 5.59. The van der Waals surface area contributed by atoms with Crippen molar-refractivity contribution in [3.8, 4) is 0 Å². The van der Waals surface area contributed by atoms with Gasteiger partial charge >= 0.3 is 0 Å². The molecule has 0 spiro atoms. The van der Waals surface area contributed by atoms with E-state index in [0.717, 1.165) is 13.1 Å². The number of benzene rings is 1. The van der Waals surface area contributed by atoms with Gasteiger partial charge in [-0.15, -0.1) is 0 Å². The molecule has 15 heavy (non-hydrogen) atoms. The first-order valence-electron chi connectivity index (χ1n) is 5.59. The molecule has 0 fully saturated rings. The molecule has 0 saturated heterocycles. The van der Waals surface area contributed by atoms with Gasteiger partial charge in [0.1, 0.15) is 0 Å². The van der Waals surface area contributed by atoms with Crippen LogP contribution in [0.15, 0.2) is 36.4 Å². The second-order valence-corrected chi connectivity index (χ2v) is 3.74. The van der Waals surface area contributed by atoms with Gasteiger partial charge in [0.2, 0.25) is 0 Å². The molecule has 0 bridgehead atoms. The van der Waals surface area contributed by atoms with E-state index in [-0.39, 0.29) is 2.85 Å². The number of hydrogen-bond acceptors (Lipinski definition) is 1. The van der Waals surface area contributed by atoms with Crippen LogP contribution in [-0.2, 0) is 6.54 Å². The number of nitrogens with one attached hydrogen (secondary N) is 1. The Bertz CT molecular complexity index is 307. The molecular formula is C14H24N. The van der Waals surface area contributed by atoms with Crippen LogP contribution in [-0.4, -0.2) is 6.54 Å². The third-order valence-corrected chi connectivity index (χ3v) is 2.03. The minimum atomic E-state index is 0. The Balaban J connectivity index is 0. The summed E-state index contributed by atoms with van der Waals surface area (Å²) in [4.78, 5) is 0. The highest BCUT2D eigenvalue weighted by Gasteiger charge is 1.90. The van der Waals surface area contributed by atoms with E-state index in [1.165, 1.54) is 17.5 Å². The summed E-state index contributed by atoms with van der Waals surface area (Å²) in [5.74, 6) is 0. The molecule has 1 aliphatic rings. The highest BCUT2D eigenvalue weighted by molar-refractivity contribution is 5.23. The standard InChI is InChI=1S/C11H17N.C3H3.2H2/c1-3-7-12-9-11-6-4-5-10(2)8-11;1-2-3-1;;/h4-6,8,12H,3,7,9H2,1-2H3;1-3H;2*1H. The zero-order valence-corrected chi connectivity index (χ0v) is 9.66. The fourth-order valence-electron chi connectivity index (χ4n) is 1.23. The highest BCUT2D eigenvalue weighted by atomic mass is 14.8.